The quantitative estimate of drug-likeness (QED) is 0.530. The maximum atomic E-state index is 12.6. The monoisotopic (exact) mass is 421 g/mol. The SMILES string of the molecule is Cc1cc([N+](=O)[O-])nn1CCNC(=O)C1CCN(S(=O)(=O)c2ccccc2)CC1. The minimum absolute atomic E-state index is 0.138. The van der Waals surface area contributed by atoms with Gasteiger partial charge in [-0.2, -0.15) is 8.99 Å². The van der Waals surface area contributed by atoms with Crippen molar-refractivity contribution in [2.75, 3.05) is 19.6 Å². The summed E-state index contributed by atoms with van der Waals surface area (Å²) in [5.41, 5.74) is 0.644. The van der Waals surface area contributed by atoms with Gasteiger partial charge in [0.1, 0.15) is 0 Å². The van der Waals surface area contributed by atoms with E-state index in [0.29, 0.717) is 44.7 Å². The Morgan fingerprint density at radius 3 is 2.52 bits per heavy atom. The molecule has 1 amide bonds. The first-order valence-corrected chi connectivity index (χ1v) is 10.7. The molecule has 10 nitrogen and oxygen atoms in total. The number of amides is 1. The zero-order chi connectivity index (χ0) is 21.0. The molecule has 3 rings (SSSR count). The maximum Gasteiger partial charge on any atom is 0.390 e. The van der Waals surface area contributed by atoms with Crippen molar-refractivity contribution in [2.45, 2.75) is 31.2 Å². The summed E-state index contributed by atoms with van der Waals surface area (Å²) < 4.78 is 28.2. The van der Waals surface area contributed by atoms with Gasteiger partial charge in [-0.15, -0.1) is 0 Å². The lowest BCUT2D eigenvalue weighted by molar-refractivity contribution is -0.389. The van der Waals surface area contributed by atoms with Crippen LogP contribution in [0.5, 0.6) is 0 Å². The summed E-state index contributed by atoms with van der Waals surface area (Å²) in [6.45, 7) is 2.91. The molecule has 0 radical (unpaired) electrons. The highest BCUT2D eigenvalue weighted by atomic mass is 32.2. The Morgan fingerprint density at radius 1 is 1.28 bits per heavy atom. The normalized spacial score (nSPS) is 15.9. The summed E-state index contributed by atoms with van der Waals surface area (Å²) in [6.07, 6.45) is 0.897. The number of aromatic nitrogens is 2. The van der Waals surface area contributed by atoms with E-state index in [9.17, 15) is 23.3 Å². The third-order valence-corrected chi connectivity index (χ3v) is 6.90. The van der Waals surface area contributed by atoms with Gasteiger partial charge in [0.25, 0.3) is 0 Å². The molecule has 11 heteroatoms. The summed E-state index contributed by atoms with van der Waals surface area (Å²) in [6, 6.07) is 9.64. The van der Waals surface area contributed by atoms with E-state index in [4.69, 9.17) is 0 Å². The highest BCUT2D eigenvalue weighted by molar-refractivity contribution is 7.89. The van der Waals surface area contributed by atoms with Crippen molar-refractivity contribution < 1.29 is 18.1 Å². The van der Waals surface area contributed by atoms with E-state index in [2.05, 4.69) is 10.4 Å². The van der Waals surface area contributed by atoms with Crippen molar-refractivity contribution in [3.05, 3.63) is 52.2 Å². The van der Waals surface area contributed by atoms with Crippen LogP contribution in [0, 0.1) is 23.0 Å². The minimum atomic E-state index is -3.54. The van der Waals surface area contributed by atoms with E-state index in [0.717, 1.165) is 0 Å². The smallest absolute Gasteiger partial charge is 0.358 e. The molecule has 0 saturated carbocycles. The van der Waals surface area contributed by atoms with Gasteiger partial charge >= 0.3 is 5.82 Å². The van der Waals surface area contributed by atoms with Gasteiger partial charge in [-0.3, -0.25) is 4.79 Å². The molecule has 0 unspecified atom stereocenters. The topological polar surface area (TPSA) is 127 Å². The molecule has 0 spiro atoms. The molecular formula is C18H23N5O5S. The lowest BCUT2D eigenvalue weighted by atomic mass is 9.97. The van der Waals surface area contributed by atoms with E-state index in [1.165, 1.54) is 15.1 Å². The Hall–Kier alpha value is -2.79. The molecule has 1 aromatic heterocycles. The number of nitro groups is 1. The van der Waals surface area contributed by atoms with Crippen LogP contribution in [0.4, 0.5) is 5.82 Å². The number of nitrogens with one attached hydrogen (secondary N) is 1. The van der Waals surface area contributed by atoms with Crippen LogP contribution in [0.1, 0.15) is 18.5 Å². The predicted octanol–water partition coefficient (Wildman–Crippen LogP) is 1.32. The first-order chi connectivity index (χ1) is 13.8. The molecule has 156 valence electrons. The van der Waals surface area contributed by atoms with E-state index < -0.39 is 14.9 Å². The highest BCUT2D eigenvalue weighted by Gasteiger charge is 2.31. The average Bonchev–Trinajstić information content (AvgIpc) is 3.09. The molecule has 0 aliphatic carbocycles. The molecule has 2 heterocycles. The fourth-order valence-electron chi connectivity index (χ4n) is 3.34. The van der Waals surface area contributed by atoms with Crippen LogP contribution in [0.15, 0.2) is 41.3 Å². The number of rotatable bonds is 7. The van der Waals surface area contributed by atoms with Crippen molar-refractivity contribution in [3.63, 3.8) is 0 Å². The summed E-state index contributed by atoms with van der Waals surface area (Å²) in [7, 11) is -3.54. The molecule has 1 fully saturated rings. The Bertz CT molecular complexity index is 981. The number of carbonyl (C=O) groups is 1. The van der Waals surface area contributed by atoms with Crippen molar-refractivity contribution in [1.29, 1.82) is 0 Å². The Balaban J connectivity index is 1.48. The fraction of sp³-hybridized carbons (Fsp3) is 0.444. The van der Waals surface area contributed by atoms with E-state index in [1.54, 1.807) is 37.3 Å². The first kappa shape index (κ1) is 20.9. The van der Waals surface area contributed by atoms with Crippen LogP contribution in [0.25, 0.3) is 0 Å². The predicted molar refractivity (Wildman–Crippen MR) is 105 cm³/mol. The van der Waals surface area contributed by atoms with Crippen molar-refractivity contribution in [1.82, 2.24) is 19.4 Å². The second-order valence-electron chi connectivity index (χ2n) is 6.91. The van der Waals surface area contributed by atoms with Crippen LogP contribution in [-0.2, 0) is 21.4 Å². The fourth-order valence-corrected chi connectivity index (χ4v) is 4.83. The molecule has 1 saturated heterocycles. The molecule has 0 atom stereocenters. The number of hydrogen-bond acceptors (Lipinski definition) is 6. The molecule has 1 aliphatic heterocycles. The summed E-state index contributed by atoms with van der Waals surface area (Å²) >= 11 is 0. The van der Waals surface area contributed by atoms with Gasteiger partial charge < -0.3 is 15.4 Å². The number of carbonyl (C=O) groups excluding carboxylic acids is 1. The first-order valence-electron chi connectivity index (χ1n) is 9.31. The molecule has 1 aromatic carbocycles. The summed E-state index contributed by atoms with van der Waals surface area (Å²) in [5, 5.41) is 17.4. The number of benzene rings is 1. The Labute approximate surface area is 168 Å². The second-order valence-corrected chi connectivity index (χ2v) is 8.84. The minimum Gasteiger partial charge on any atom is -0.358 e. The second kappa shape index (κ2) is 8.70. The van der Waals surface area contributed by atoms with Crippen molar-refractivity contribution in [3.8, 4) is 0 Å². The zero-order valence-corrected chi connectivity index (χ0v) is 16.8. The van der Waals surface area contributed by atoms with Gasteiger partial charge in [0, 0.05) is 25.6 Å². The highest BCUT2D eigenvalue weighted by Crippen LogP contribution is 2.23. The summed E-state index contributed by atoms with van der Waals surface area (Å²) in [5.74, 6) is -0.618. The average molecular weight is 421 g/mol. The van der Waals surface area contributed by atoms with E-state index >= 15 is 0 Å². The molecule has 2 aromatic rings. The van der Waals surface area contributed by atoms with Gasteiger partial charge in [0.05, 0.1) is 28.3 Å². The largest absolute Gasteiger partial charge is 0.390 e. The van der Waals surface area contributed by atoms with Crippen LogP contribution in [-0.4, -0.2) is 53.0 Å². The lowest BCUT2D eigenvalue weighted by Crippen LogP contribution is -2.43. The van der Waals surface area contributed by atoms with Crippen LogP contribution >= 0.6 is 0 Å². The van der Waals surface area contributed by atoms with Crippen LogP contribution in [0.2, 0.25) is 0 Å². The maximum absolute atomic E-state index is 12.6. The van der Waals surface area contributed by atoms with Gasteiger partial charge in [-0.05, 0) is 36.8 Å². The molecule has 1 aliphatic rings. The molecule has 29 heavy (non-hydrogen) atoms. The standard InChI is InChI=1S/C18H23N5O5S/c1-14-13-17(23(25)26)20-22(14)12-9-19-18(24)15-7-10-21(11-8-15)29(27,28)16-5-3-2-4-6-16/h2-6,13,15H,7-12H2,1H3,(H,19,24). The third kappa shape index (κ3) is 4.80. The Kier molecular flexibility index (Phi) is 6.28. The lowest BCUT2D eigenvalue weighted by Gasteiger charge is -2.30. The molecular weight excluding hydrogens is 398 g/mol. The van der Waals surface area contributed by atoms with Crippen molar-refractivity contribution in [2.24, 2.45) is 5.92 Å². The number of aryl methyl sites for hydroxylation is 1. The summed E-state index contributed by atoms with van der Waals surface area (Å²) in [4.78, 5) is 22.9. The van der Waals surface area contributed by atoms with Crippen LogP contribution < -0.4 is 5.32 Å². The zero-order valence-electron chi connectivity index (χ0n) is 16.0. The number of piperidine rings is 1. The molecule has 1 N–H and O–H groups in total. The molecule has 0 bridgehead atoms. The number of nitrogens with zero attached hydrogens (tertiary/aromatic N) is 4. The van der Waals surface area contributed by atoms with Crippen LogP contribution in [0.3, 0.4) is 0 Å². The van der Waals surface area contributed by atoms with E-state index in [1.807, 2.05) is 0 Å². The van der Waals surface area contributed by atoms with Crippen molar-refractivity contribution >= 4 is 21.7 Å². The van der Waals surface area contributed by atoms with Gasteiger partial charge in [0.15, 0.2) is 0 Å². The number of hydrogen-bond donors (Lipinski definition) is 1. The van der Waals surface area contributed by atoms with Gasteiger partial charge in [-0.25, -0.2) is 8.42 Å². The van der Waals surface area contributed by atoms with E-state index in [-0.39, 0.29) is 22.5 Å². The van der Waals surface area contributed by atoms with Gasteiger partial charge in [-0.1, -0.05) is 18.2 Å². The Morgan fingerprint density at radius 2 is 1.93 bits per heavy atom. The third-order valence-electron chi connectivity index (χ3n) is 4.98. The number of sulfonamides is 1. The van der Waals surface area contributed by atoms with Gasteiger partial charge in [0.2, 0.25) is 15.9 Å².